The number of rotatable bonds is 6. The van der Waals surface area contributed by atoms with E-state index in [-0.39, 0.29) is 12.1 Å². The molecule has 0 fully saturated rings. The van der Waals surface area contributed by atoms with Crippen LogP contribution < -0.4 is 14.8 Å². The van der Waals surface area contributed by atoms with Crippen molar-refractivity contribution in [2.45, 2.75) is 6.54 Å². The van der Waals surface area contributed by atoms with Crippen molar-refractivity contribution in [1.29, 1.82) is 5.26 Å². The highest BCUT2D eigenvalue weighted by molar-refractivity contribution is 9.10. The summed E-state index contributed by atoms with van der Waals surface area (Å²) in [4.78, 5) is 12.1. The second-order valence-corrected chi connectivity index (χ2v) is 5.51. The van der Waals surface area contributed by atoms with Crippen LogP contribution in [0.1, 0.15) is 11.3 Å². The average Bonchev–Trinajstić information content (AvgIpc) is 3.11. The van der Waals surface area contributed by atoms with Gasteiger partial charge in [0, 0.05) is 4.47 Å². The van der Waals surface area contributed by atoms with E-state index < -0.39 is 5.91 Å². The number of benzene rings is 1. The second-order valence-electron chi connectivity index (χ2n) is 4.66. The van der Waals surface area contributed by atoms with Crippen LogP contribution in [0, 0.1) is 11.3 Å². The van der Waals surface area contributed by atoms with Gasteiger partial charge in [-0.05, 0) is 35.9 Å². The summed E-state index contributed by atoms with van der Waals surface area (Å²) in [5.74, 6) is 1.16. The zero-order chi connectivity index (χ0) is 17.5. The number of nitriles is 1. The minimum atomic E-state index is -0.490. The molecule has 0 unspecified atom stereocenters. The summed E-state index contributed by atoms with van der Waals surface area (Å²) in [6.07, 6.45) is 2.99. The second kappa shape index (κ2) is 8.22. The van der Waals surface area contributed by atoms with E-state index in [1.807, 2.05) is 6.07 Å². The van der Waals surface area contributed by atoms with E-state index in [2.05, 4.69) is 21.2 Å². The third-order valence-corrected chi connectivity index (χ3v) is 3.86. The standard InChI is InChI=1S/C17H15BrN2O4/c1-22-15-7-11(14(18)8-16(15)23-2)6-12(9-19)17(21)20-10-13-4-3-5-24-13/h3-8H,10H2,1-2H3,(H,20,21). The first kappa shape index (κ1) is 17.6. The van der Waals surface area contributed by atoms with Gasteiger partial charge in [0.25, 0.3) is 5.91 Å². The number of carbonyl (C=O) groups is 1. The van der Waals surface area contributed by atoms with Gasteiger partial charge in [-0.25, -0.2) is 0 Å². The van der Waals surface area contributed by atoms with Gasteiger partial charge in [-0.15, -0.1) is 0 Å². The minimum Gasteiger partial charge on any atom is -0.493 e. The molecule has 2 rings (SSSR count). The molecule has 0 spiro atoms. The molecule has 0 aliphatic heterocycles. The number of methoxy groups -OCH3 is 2. The quantitative estimate of drug-likeness (QED) is 0.604. The fourth-order valence-corrected chi connectivity index (χ4v) is 2.40. The number of amides is 1. The summed E-state index contributed by atoms with van der Waals surface area (Å²) in [6, 6.07) is 8.75. The topological polar surface area (TPSA) is 84.5 Å². The normalized spacial score (nSPS) is 10.8. The van der Waals surface area contributed by atoms with Crippen LogP contribution in [0.3, 0.4) is 0 Å². The molecule has 7 heteroatoms. The fourth-order valence-electron chi connectivity index (χ4n) is 1.96. The number of carbonyl (C=O) groups excluding carboxylic acids is 1. The van der Waals surface area contributed by atoms with Crippen molar-refractivity contribution in [2.75, 3.05) is 14.2 Å². The van der Waals surface area contributed by atoms with Gasteiger partial charge in [0.15, 0.2) is 11.5 Å². The van der Waals surface area contributed by atoms with Crippen molar-refractivity contribution in [2.24, 2.45) is 0 Å². The van der Waals surface area contributed by atoms with Gasteiger partial charge in [0.1, 0.15) is 17.4 Å². The molecule has 0 radical (unpaired) electrons. The maximum absolute atomic E-state index is 12.1. The fraction of sp³-hybridized carbons (Fsp3) is 0.176. The number of nitrogens with zero attached hydrogens (tertiary/aromatic N) is 1. The van der Waals surface area contributed by atoms with Crippen molar-refractivity contribution in [1.82, 2.24) is 5.32 Å². The van der Waals surface area contributed by atoms with Crippen LogP contribution in [-0.4, -0.2) is 20.1 Å². The van der Waals surface area contributed by atoms with Crippen LogP contribution >= 0.6 is 15.9 Å². The van der Waals surface area contributed by atoms with Crippen LogP contribution in [-0.2, 0) is 11.3 Å². The van der Waals surface area contributed by atoms with Gasteiger partial charge in [0.05, 0.1) is 27.0 Å². The van der Waals surface area contributed by atoms with Crippen LogP contribution in [0.2, 0.25) is 0 Å². The lowest BCUT2D eigenvalue weighted by molar-refractivity contribution is -0.117. The molecular weight excluding hydrogens is 376 g/mol. The zero-order valence-corrected chi connectivity index (χ0v) is 14.7. The van der Waals surface area contributed by atoms with Crippen LogP contribution in [0.25, 0.3) is 6.08 Å². The molecular formula is C17H15BrN2O4. The van der Waals surface area contributed by atoms with Crippen LogP contribution in [0.5, 0.6) is 11.5 Å². The van der Waals surface area contributed by atoms with Crippen LogP contribution in [0.15, 0.2) is 45.0 Å². The highest BCUT2D eigenvalue weighted by Crippen LogP contribution is 2.34. The maximum Gasteiger partial charge on any atom is 0.262 e. The lowest BCUT2D eigenvalue weighted by Gasteiger charge is -2.10. The third-order valence-electron chi connectivity index (χ3n) is 3.17. The molecule has 0 saturated heterocycles. The highest BCUT2D eigenvalue weighted by atomic mass is 79.9. The molecule has 0 atom stereocenters. The van der Waals surface area contributed by atoms with Crippen LogP contribution in [0.4, 0.5) is 0 Å². The average molecular weight is 391 g/mol. The third kappa shape index (κ3) is 4.18. The predicted octanol–water partition coefficient (Wildman–Crippen LogP) is 3.28. The number of halogens is 1. The van der Waals surface area contributed by atoms with E-state index >= 15 is 0 Å². The maximum atomic E-state index is 12.1. The molecule has 124 valence electrons. The van der Waals surface area contributed by atoms with E-state index in [9.17, 15) is 10.1 Å². The largest absolute Gasteiger partial charge is 0.493 e. The molecule has 1 heterocycles. The van der Waals surface area contributed by atoms with E-state index in [1.54, 1.807) is 24.3 Å². The minimum absolute atomic E-state index is 0.0329. The van der Waals surface area contributed by atoms with Crippen molar-refractivity contribution in [3.05, 3.63) is 51.9 Å². The van der Waals surface area contributed by atoms with Gasteiger partial charge in [0.2, 0.25) is 0 Å². The van der Waals surface area contributed by atoms with Gasteiger partial charge in [-0.2, -0.15) is 5.26 Å². The first-order valence-electron chi connectivity index (χ1n) is 6.93. The summed E-state index contributed by atoms with van der Waals surface area (Å²) in [7, 11) is 3.04. The molecule has 1 N–H and O–H groups in total. The lowest BCUT2D eigenvalue weighted by atomic mass is 10.1. The number of hydrogen-bond acceptors (Lipinski definition) is 5. The summed E-state index contributed by atoms with van der Waals surface area (Å²) >= 11 is 3.39. The van der Waals surface area contributed by atoms with Crippen molar-refractivity contribution < 1.29 is 18.7 Å². The Bertz CT molecular complexity index is 792. The van der Waals surface area contributed by atoms with Crippen molar-refractivity contribution >= 4 is 27.9 Å². The van der Waals surface area contributed by atoms with Crippen molar-refractivity contribution in [3.63, 3.8) is 0 Å². The zero-order valence-electron chi connectivity index (χ0n) is 13.1. The Morgan fingerprint density at radius 2 is 2.08 bits per heavy atom. The monoisotopic (exact) mass is 390 g/mol. The predicted molar refractivity (Wildman–Crippen MR) is 91.4 cm³/mol. The summed E-state index contributed by atoms with van der Waals surface area (Å²) in [5.41, 5.74) is 0.590. The van der Waals surface area contributed by atoms with Gasteiger partial charge in [-0.3, -0.25) is 4.79 Å². The highest BCUT2D eigenvalue weighted by Gasteiger charge is 2.13. The molecule has 6 nitrogen and oxygen atoms in total. The van der Waals surface area contributed by atoms with Gasteiger partial charge >= 0.3 is 0 Å². The van der Waals surface area contributed by atoms with E-state index in [0.717, 1.165) is 0 Å². The number of ether oxygens (including phenoxy) is 2. The number of nitrogens with one attached hydrogen (secondary N) is 1. The van der Waals surface area contributed by atoms with Gasteiger partial charge < -0.3 is 19.2 Å². The lowest BCUT2D eigenvalue weighted by Crippen LogP contribution is -2.23. The SMILES string of the molecule is COc1cc(Br)c(C=C(C#N)C(=O)NCc2ccco2)cc1OC. The molecule has 24 heavy (non-hydrogen) atoms. The molecule has 2 aromatic rings. The Kier molecular flexibility index (Phi) is 6.04. The molecule has 1 amide bonds. The van der Waals surface area contributed by atoms with Crippen molar-refractivity contribution in [3.8, 4) is 17.6 Å². The Morgan fingerprint density at radius 1 is 1.38 bits per heavy atom. The summed E-state index contributed by atoms with van der Waals surface area (Å²) in [5, 5.41) is 11.9. The Morgan fingerprint density at radius 3 is 2.67 bits per heavy atom. The Labute approximate surface area is 147 Å². The molecule has 0 bridgehead atoms. The van der Waals surface area contributed by atoms with E-state index in [4.69, 9.17) is 13.9 Å². The van der Waals surface area contributed by atoms with E-state index in [0.29, 0.717) is 27.3 Å². The first-order chi connectivity index (χ1) is 11.6. The molecule has 0 aliphatic rings. The Balaban J connectivity index is 2.23. The number of furan rings is 1. The van der Waals surface area contributed by atoms with E-state index in [1.165, 1.54) is 26.6 Å². The molecule has 0 saturated carbocycles. The smallest absolute Gasteiger partial charge is 0.262 e. The first-order valence-corrected chi connectivity index (χ1v) is 7.72. The Hall–Kier alpha value is -2.72. The molecule has 1 aromatic heterocycles. The number of hydrogen-bond donors (Lipinski definition) is 1. The molecule has 0 aliphatic carbocycles. The summed E-state index contributed by atoms with van der Waals surface area (Å²) < 4.78 is 16.2. The molecule has 1 aromatic carbocycles. The van der Waals surface area contributed by atoms with Gasteiger partial charge in [-0.1, -0.05) is 15.9 Å². The summed E-state index contributed by atoms with van der Waals surface area (Å²) in [6.45, 7) is 0.206.